The van der Waals surface area contributed by atoms with Gasteiger partial charge in [0.1, 0.15) is 0 Å². The minimum atomic E-state index is 0.0543. The Labute approximate surface area is 157 Å². The van der Waals surface area contributed by atoms with Gasteiger partial charge in [0, 0.05) is 5.71 Å². The lowest BCUT2D eigenvalue weighted by atomic mass is 9.94. The molecule has 1 aliphatic carbocycles. The molecule has 0 unspecified atom stereocenters. The first-order chi connectivity index (χ1) is 13.3. The maximum absolute atomic E-state index is 8.09. The minimum Gasteiger partial charge on any atom is -0.353 e. The summed E-state index contributed by atoms with van der Waals surface area (Å²) in [7, 11) is 0. The summed E-state index contributed by atoms with van der Waals surface area (Å²) in [5.41, 5.74) is 1.25. The predicted octanol–water partition coefficient (Wildman–Crippen LogP) is 0.825. The van der Waals surface area contributed by atoms with E-state index in [1.807, 2.05) is 4.90 Å². The normalized spacial score (nSPS) is 19.2. The maximum atomic E-state index is 8.09. The molecule has 12 nitrogen and oxygen atoms in total. The van der Waals surface area contributed by atoms with Crippen molar-refractivity contribution in [2.45, 2.75) is 38.3 Å². The van der Waals surface area contributed by atoms with Gasteiger partial charge in [-0.05, 0) is 29.7 Å². The van der Waals surface area contributed by atoms with Crippen molar-refractivity contribution in [3.63, 3.8) is 0 Å². The van der Waals surface area contributed by atoms with E-state index in [1.54, 1.807) is 0 Å². The molecule has 0 bridgehead atoms. The van der Waals surface area contributed by atoms with Crippen LogP contribution in [-0.2, 0) is 6.54 Å². The van der Waals surface area contributed by atoms with Crippen LogP contribution in [0.3, 0.4) is 0 Å². The van der Waals surface area contributed by atoms with E-state index >= 15 is 0 Å². The lowest BCUT2D eigenvalue weighted by Gasteiger charge is -2.23. The van der Waals surface area contributed by atoms with Crippen molar-refractivity contribution >= 4 is 44.3 Å². The molecule has 1 atom stereocenters. The van der Waals surface area contributed by atoms with Crippen molar-refractivity contribution in [1.82, 2.24) is 40.8 Å². The van der Waals surface area contributed by atoms with Gasteiger partial charge < -0.3 is 20.9 Å². The number of thiazole rings is 1. The fraction of sp³-hybridized carbons (Fsp3) is 0.500. The molecule has 3 aromatic heterocycles. The monoisotopic (exact) mass is 384 g/mol. The Bertz CT molecular complexity index is 1000. The van der Waals surface area contributed by atoms with Gasteiger partial charge in [-0.15, -0.1) is 20.4 Å². The lowest BCUT2D eigenvalue weighted by Crippen LogP contribution is -2.31. The van der Waals surface area contributed by atoms with Crippen LogP contribution in [0.1, 0.15) is 31.5 Å². The molecule has 1 saturated carbocycles. The number of anilines is 3. The topological polar surface area (TPSA) is 154 Å². The maximum Gasteiger partial charge on any atom is 0.213 e. The summed E-state index contributed by atoms with van der Waals surface area (Å²) in [5.74, 6) is 1.78. The second kappa shape index (κ2) is 6.57. The third-order valence-corrected chi connectivity index (χ3v) is 5.46. The molecular formula is C14H16N12S. The zero-order valence-corrected chi connectivity index (χ0v) is 15.1. The summed E-state index contributed by atoms with van der Waals surface area (Å²) in [6.45, 7) is 0.959. The van der Waals surface area contributed by atoms with Crippen molar-refractivity contribution in [1.29, 1.82) is 5.41 Å². The van der Waals surface area contributed by atoms with E-state index in [-0.39, 0.29) is 6.04 Å². The quantitative estimate of drug-likeness (QED) is 0.585. The Kier molecular flexibility index (Phi) is 3.92. The van der Waals surface area contributed by atoms with Crippen LogP contribution in [0, 0.1) is 5.41 Å². The van der Waals surface area contributed by atoms with Gasteiger partial charge in [0.15, 0.2) is 27.4 Å². The highest BCUT2D eigenvalue weighted by atomic mass is 32.1. The third-order valence-electron chi connectivity index (χ3n) is 4.60. The summed E-state index contributed by atoms with van der Waals surface area (Å²) in [5, 5.41) is 38.6. The summed E-state index contributed by atoms with van der Waals surface area (Å²) >= 11 is 1.43. The summed E-state index contributed by atoms with van der Waals surface area (Å²) < 4.78 is 0. The first-order valence-corrected chi connectivity index (χ1v) is 9.47. The molecule has 0 amide bonds. The van der Waals surface area contributed by atoms with Gasteiger partial charge in [-0.3, -0.25) is 0 Å². The Morgan fingerprint density at radius 3 is 3.00 bits per heavy atom. The van der Waals surface area contributed by atoms with Crippen LogP contribution in [-0.4, -0.2) is 59.2 Å². The van der Waals surface area contributed by atoms with E-state index in [0.29, 0.717) is 36.3 Å². The molecule has 3 aromatic rings. The molecule has 13 heteroatoms. The Hall–Kier alpha value is -3.09. The highest BCUT2D eigenvalue weighted by molar-refractivity contribution is 7.21. The van der Waals surface area contributed by atoms with E-state index in [2.05, 4.69) is 51.4 Å². The molecule has 5 rings (SSSR count). The zero-order valence-electron chi connectivity index (χ0n) is 14.3. The van der Waals surface area contributed by atoms with E-state index < -0.39 is 0 Å². The van der Waals surface area contributed by atoms with Crippen LogP contribution >= 0.6 is 11.3 Å². The van der Waals surface area contributed by atoms with E-state index in [1.165, 1.54) is 11.3 Å². The average Bonchev–Trinajstić information content (AvgIpc) is 3.27. The van der Waals surface area contributed by atoms with Gasteiger partial charge in [-0.2, -0.15) is 4.98 Å². The van der Waals surface area contributed by atoms with Gasteiger partial charge >= 0.3 is 0 Å². The molecule has 0 saturated heterocycles. The lowest BCUT2D eigenvalue weighted by molar-refractivity contribution is 0.624. The number of hydrogen-bond acceptors (Lipinski definition) is 13. The summed E-state index contributed by atoms with van der Waals surface area (Å²) in [6.07, 6.45) is 4.04. The van der Waals surface area contributed by atoms with Crippen molar-refractivity contribution in [3.05, 3.63) is 5.82 Å². The summed E-state index contributed by atoms with van der Waals surface area (Å²) in [4.78, 5) is 11.7. The molecule has 2 aliphatic rings. The molecule has 4 heterocycles. The second-order valence-corrected chi connectivity index (χ2v) is 7.41. The van der Waals surface area contributed by atoms with Gasteiger partial charge in [-0.25, -0.2) is 4.98 Å². The van der Waals surface area contributed by atoms with Gasteiger partial charge in [-0.1, -0.05) is 17.8 Å². The average molecular weight is 384 g/mol. The van der Waals surface area contributed by atoms with Crippen LogP contribution in [0.25, 0.3) is 10.5 Å². The number of fused-ring (bicyclic) bond motifs is 2. The molecular weight excluding hydrogens is 368 g/mol. The predicted molar refractivity (Wildman–Crippen MR) is 98.9 cm³/mol. The van der Waals surface area contributed by atoms with Crippen LogP contribution in [0.5, 0.6) is 0 Å². The van der Waals surface area contributed by atoms with Gasteiger partial charge in [0.05, 0.1) is 19.3 Å². The standard InChI is InChI=1S/C14H16N12S/c15-7-3-1-2-4-8(7)17-14-19-11-13(27-14)18-9(20-21-11)5-26-6-16-10-12(26)23-25-24-22-10/h8,15H,1-6H2,(H,16,22,25)(H,17,19,21)/t8-/m1/s1. The fourth-order valence-corrected chi connectivity index (χ4v) is 4.07. The highest BCUT2D eigenvalue weighted by Gasteiger charge is 2.24. The highest BCUT2D eigenvalue weighted by Crippen LogP contribution is 2.28. The van der Waals surface area contributed by atoms with Crippen LogP contribution in [0.2, 0.25) is 0 Å². The smallest absolute Gasteiger partial charge is 0.213 e. The van der Waals surface area contributed by atoms with Gasteiger partial charge in [0.25, 0.3) is 0 Å². The number of nitrogens with one attached hydrogen (secondary N) is 3. The molecule has 0 radical (unpaired) electrons. The van der Waals surface area contributed by atoms with Crippen LogP contribution in [0.15, 0.2) is 0 Å². The third kappa shape index (κ3) is 3.09. The van der Waals surface area contributed by atoms with Crippen molar-refractivity contribution in [2.75, 3.05) is 22.2 Å². The first-order valence-electron chi connectivity index (χ1n) is 8.65. The number of hydrogen-bond donors (Lipinski definition) is 3. The Morgan fingerprint density at radius 1 is 1.15 bits per heavy atom. The van der Waals surface area contributed by atoms with Crippen LogP contribution < -0.4 is 15.5 Å². The van der Waals surface area contributed by atoms with Crippen molar-refractivity contribution < 1.29 is 0 Å². The first kappa shape index (κ1) is 16.1. The fourth-order valence-electron chi connectivity index (χ4n) is 3.23. The molecule has 27 heavy (non-hydrogen) atoms. The molecule has 0 spiro atoms. The SMILES string of the molecule is N=C1CCCC[C@H]1Nc1nc2nnc(CN3CNc4nnnnc43)nc2s1. The zero-order chi connectivity index (χ0) is 18.2. The summed E-state index contributed by atoms with van der Waals surface area (Å²) in [6, 6.07) is 0.0543. The Morgan fingerprint density at radius 2 is 2.07 bits per heavy atom. The second-order valence-electron chi connectivity index (χ2n) is 6.43. The van der Waals surface area contributed by atoms with E-state index in [0.717, 1.165) is 41.4 Å². The number of nitrogens with zero attached hydrogens (tertiary/aromatic N) is 9. The van der Waals surface area contributed by atoms with Crippen molar-refractivity contribution in [2.24, 2.45) is 0 Å². The minimum absolute atomic E-state index is 0.0543. The van der Waals surface area contributed by atoms with Crippen LogP contribution in [0.4, 0.5) is 16.8 Å². The van der Waals surface area contributed by atoms with Gasteiger partial charge in [0.2, 0.25) is 5.65 Å². The number of rotatable bonds is 4. The van der Waals surface area contributed by atoms with E-state index in [9.17, 15) is 0 Å². The van der Waals surface area contributed by atoms with E-state index in [4.69, 9.17) is 5.41 Å². The molecule has 1 aliphatic heterocycles. The number of aromatic nitrogens is 8. The largest absolute Gasteiger partial charge is 0.353 e. The molecule has 0 aromatic carbocycles. The van der Waals surface area contributed by atoms with Crippen molar-refractivity contribution in [3.8, 4) is 0 Å². The molecule has 138 valence electrons. The molecule has 3 N–H and O–H groups in total. The molecule has 1 fully saturated rings. The Balaban J connectivity index is 1.34.